The number of benzene rings is 1. The summed E-state index contributed by atoms with van der Waals surface area (Å²) in [4.78, 5) is 21.0. The van der Waals surface area contributed by atoms with Gasteiger partial charge in [0.25, 0.3) is 0 Å². The van der Waals surface area contributed by atoms with Crippen LogP contribution in [0.4, 0.5) is 0 Å². The van der Waals surface area contributed by atoms with E-state index in [-0.39, 0.29) is 11.5 Å². The second-order valence-corrected chi connectivity index (χ2v) is 5.73. The van der Waals surface area contributed by atoms with Crippen molar-refractivity contribution in [2.75, 3.05) is 0 Å². The first kappa shape index (κ1) is 13.5. The fourth-order valence-corrected chi connectivity index (χ4v) is 2.85. The maximum atomic E-state index is 11.9. The average molecular weight is 300 g/mol. The molecule has 0 aliphatic heterocycles. The summed E-state index contributed by atoms with van der Waals surface area (Å²) in [7, 11) is 0. The Morgan fingerprint density at radius 2 is 2.05 bits per heavy atom. The van der Waals surface area contributed by atoms with E-state index in [0.29, 0.717) is 16.0 Å². The van der Waals surface area contributed by atoms with Crippen LogP contribution in [-0.2, 0) is 0 Å². The molecule has 106 valence electrons. The summed E-state index contributed by atoms with van der Waals surface area (Å²) < 4.78 is 5.18. The summed E-state index contributed by atoms with van der Waals surface area (Å²) in [5.74, 6) is -0.0341. The normalized spacial score (nSPS) is 12.0. The van der Waals surface area contributed by atoms with Crippen LogP contribution in [0.2, 0.25) is 0 Å². The molecule has 0 radical (unpaired) electrons. The molecule has 3 aromatic rings. The molecule has 2 aromatic heterocycles. The molecule has 0 spiro atoms. The Labute approximate surface area is 124 Å². The maximum Gasteiger partial charge on any atom is 0.362 e. The van der Waals surface area contributed by atoms with Gasteiger partial charge in [0.05, 0.1) is 15.6 Å². The first-order valence-corrected chi connectivity index (χ1v) is 7.11. The molecule has 3 rings (SSSR count). The highest BCUT2D eigenvalue weighted by Crippen LogP contribution is 2.25. The van der Waals surface area contributed by atoms with E-state index < -0.39 is 5.63 Å². The Bertz CT molecular complexity index is 909. The molecule has 21 heavy (non-hydrogen) atoms. The van der Waals surface area contributed by atoms with Crippen molar-refractivity contribution in [3.63, 3.8) is 0 Å². The van der Waals surface area contributed by atoms with Gasteiger partial charge in [-0.15, -0.1) is 11.3 Å². The van der Waals surface area contributed by atoms with E-state index in [0.717, 1.165) is 10.7 Å². The molecule has 1 aromatic carbocycles. The molecule has 0 unspecified atom stereocenters. The molecule has 0 fully saturated rings. The van der Waals surface area contributed by atoms with Crippen LogP contribution in [-0.4, -0.2) is 15.1 Å². The van der Waals surface area contributed by atoms with E-state index in [1.807, 2.05) is 6.92 Å². The second-order valence-electron chi connectivity index (χ2n) is 4.53. The molecule has 6 heteroatoms. The number of aliphatic hydroxyl groups excluding tert-OH is 1. The van der Waals surface area contributed by atoms with E-state index in [1.165, 1.54) is 17.4 Å². The third kappa shape index (κ3) is 2.57. The number of hydrogen-bond acceptors (Lipinski definition) is 6. The summed E-state index contributed by atoms with van der Waals surface area (Å²) in [5, 5.41) is 11.0. The van der Waals surface area contributed by atoms with Gasteiger partial charge in [0.2, 0.25) is 0 Å². The summed E-state index contributed by atoms with van der Waals surface area (Å²) in [6.07, 6.45) is 1.32. The van der Waals surface area contributed by atoms with Gasteiger partial charge in [-0.3, -0.25) is 0 Å². The zero-order chi connectivity index (χ0) is 15.0. The Morgan fingerprint density at radius 1 is 1.29 bits per heavy atom. The lowest BCUT2D eigenvalue weighted by molar-refractivity contribution is 0.515. The van der Waals surface area contributed by atoms with E-state index in [2.05, 4.69) is 9.97 Å². The SMILES string of the molecule is Cc1nc(C)c(/C(O)=C/c2nc3ccccc3oc2=O)s1. The van der Waals surface area contributed by atoms with Crippen LogP contribution in [0.15, 0.2) is 33.5 Å². The Hall–Kier alpha value is -2.47. The van der Waals surface area contributed by atoms with Crippen LogP contribution in [0, 0.1) is 13.8 Å². The van der Waals surface area contributed by atoms with Gasteiger partial charge < -0.3 is 9.52 Å². The predicted molar refractivity (Wildman–Crippen MR) is 82.4 cm³/mol. The minimum Gasteiger partial charge on any atom is -0.506 e. The van der Waals surface area contributed by atoms with E-state index >= 15 is 0 Å². The molecule has 0 saturated heterocycles. The smallest absolute Gasteiger partial charge is 0.362 e. The predicted octanol–water partition coefficient (Wildman–Crippen LogP) is 3.32. The number of fused-ring (bicyclic) bond motifs is 1. The molecule has 1 N–H and O–H groups in total. The maximum absolute atomic E-state index is 11.9. The van der Waals surface area contributed by atoms with Crippen molar-refractivity contribution in [2.24, 2.45) is 0 Å². The summed E-state index contributed by atoms with van der Waals surface area (Å²) in [5.41, 5.74) is 1.18. The van der Waals surface area contributed by atoms with Crippen molar-refractivity contribution in [1.82, 2.24) is 9.97 Å². The number of rotatable bonds is 2. The number of aryl methyl sites for hydroxylation is 2. The third-order valence-corrected chi connectivity index (χ3v) is 4.02. The quantitative estimate of drug-likeness (QED) is 0.735. The first-order valence-electron chi connectivity index (χ1n) is 6.29. The van der Waals surface area contributed by atoms with Crippen LogP contribution in [0.25, 0.3) is 22.9 Å². The monoisotopic (exact) mass is 300 g/mol. The van der Waals surface area contributed by atoms with Crippen molar-refractivity contribution in [3.8, 4) is 0 Å². The Morgan fingerprint density at radius 3 is 2.76 bits per heavy atom. The summed E-state index contributed by atoms with van der Waals surface area (Å²) >= 11 is 1.36. The van der Waals surface area contributed by atoms with E-state index in [9.17, 15) is 9.90 Å². The number of aliphatic hydroxyl groups is 1. The standard InChI is InChI=1S/C15H12N2O3S/c1-8-14(21-9(2)16-8)12(18)7-11-15(19)20-13-6-4-3-5-10(13)17-11/h3-7,18H,1-2H3/b12-7-. The lowest BCUT2D eigenvalue weighted by atomic mass is 10.2. The number of nitrogens with zero attached hydrogens (tertiary/aromatic N) is 2. The van der Waals surface area contributed by atoms with Gasteiger partial charge in [-0.2, -0.15) is 0 Å². The molecule has 2 heterocycles. The van der Waals surface area contributed by atoms with Crippen molar-refractivity contribution in [1.29, 1.82) is 0 Å². The molecular weight excluding hydrogens is 288 g/mol. The Balaban J connectivity index is 2.12. The van der Waals surface area contributed by atoms with Gasteiger partial charge in [-0.05, 0) is 26.0 Å². The van der Waals surface area contributed by atoms with Crippen LogP contribution in [0.5, 0.6) is 0 Å². The Kier molecular flexibility index (Phi) is 3.31. The van der Waals surface area contributed by atoms with Gasteiger partial charge in [-0.25, -0.2) is 14.8 Å². The van der Waals surface area contributed by atoms with Crippen molar-refractivity contribution in [3.05, 3.63) is 56.0 Å². The van der Waals surface area contributed by atoms with Crippen LogP contribution in [0.3, 0.4) is 0 Å². The van der Waals surface area contributed by atoms with Crippen LogP contribution in [0.1, 0.15) is 21.3 Å². The highest BCUT2D eigenvalue weighted by Gasteiger charge is 2.12. The van der Waals surface area contributed by atoms with Crippen LogP contribution >= 0.6 is 11.3 Å². The molecule has 0 atom stereocenters. The number of para-hydroxylation sites is 2. The van der Waals surface area contributed by atoms with Gasteiger partial charge in [0.15, 0.2) is 11.3 Å². The highest BCUT2D eigenvalue weighted by atomic mass is 32.1. The molecule has 0 aliphatic carbocycles. The molecule has 0 amide bonds. The van der Waals surface area contributed by atoms with Gasteiger partial charge in [0.1, 0.15) is 11.3 Å². The molecule has 0 bridgehead atoms. The van der Waals surface area contributed by atoms with Crippen molar-refractivity contribution >= 4 is 34.3 Å². The van der Waals surface area contributed by atoms with Crippen LogP contribution < -0.4 is 5.63 Å². The zero-order valence-corrected chi connectivity index (χ0v) is 12.3. The lowest BCUT2D eigenvalue weighted by Gasteiger charge is -1.99. The fourth-order valence-electron chi connectivity index (χ4n) is 2.02. The largest absolute Gasteiger partial charge is 0.506 e. The van der Waals surface area contributed by atoms with Gasteiger partial charge in [0, 0.05) is 6.08 Å². The van der Waals surface area contributed by atoms with Crippen molar-refractivity contribution in [2.45, 2.75) is 13.8 Å². The highest BCUT2D eigenvalue weighted by molar-refractivity contribution is 7.12. The fraction of sp³-hybridized carbons (Fsp3) is 0.133. The molecule has 0 saturated carbocycles. The molecule has 0 aliphatic rings. The first-order chi connectivity index (χ1) is 10.0. The molecular formula is C15H12N2O3S. The topological polar surface area (TPSA) is 76.2 Å². The average Bonchev–Trinajstić information content (AvgIpc) is 2.78. The van der Waals surface area contributed by atoms with E-state index in [1.54, 1.807) is 31.2 Å². The molecule has 5 nitrogen and oxygen atoms in total. The second kappa shape index (κ2) is 5.14. The minimum atomic E-state index is -0.584. The van der Waals surface area contributed by atoms with Gasteiger partial charge >= 0.3 is 5.63 Å². The number of hydrogen-bond donors (Lipinski definition) is 1. The number of aromatic nitrogens is 2. The van der Waals surface area contributed by atoms with Crippen molar-refractivity contribution < 1.29 is 9.52 Å². The summed E-state index contributed by atoms with van der Waals surface area (Å²) in [6.45, 7) is 3.66. The zero-order valence-electron chi connectivity index (χ0n) is 11.5. The summed E-state index contributed by atoms with van der Waals surface area (Å²) in [6, 6.07) is 6.99. The van der Waals surface area contributed by atoms with E-state index in [4.69, 9.17) is 4.42 Å². The lowest BCUT2D eigenvalue weighted by Crippen LogP contribution is -2.06. The number of thiazole rings is 1. The third-order valence-electron chi connectivity index (χ3n) is 2.93. The van der Waals surface area contributed by atoms with Gasteiger partial charge in [-0.1, -0.05) is 12.1 Å². The minimum absolute atomic E-state index is 0.0341.